The van der Waals surface area contributed by atoms with E-state index < -0.39 is 12.0 Å². The van der Waals surface area contributed by atoms with Crippen molar-refractivity contribution in [1.29, 1.82) is 0 Å². The van der Waals surface area contributed by atoms with E-state index in [0.29, 0.717) is 19.5 Å². The van der Waals surface area contributed by atoms with Crippen LogP contribution in [0.15, 0.2) is 0 Å². The highest BCUT2D eigenvalue weighted by atomic mass is 16.4. The first-order chi connectivity index (χ1) is 9.04. The highest BCUT2D eigenvalue weighted by Crippen LogP contribution is 2.28. The van der Waals surface area contributed by atoms with Crippen molar-refractivity contribution in [3.05, 3.63) is 0 Å². The van der Waals surface area contributed by atoms with Crippen molar-refractivity contribution in [3.8, 4) is 0 Å². The van der Waals surface area contributed by atoms with Gasteiger partial charge in [-0.3, -0.25) is 9.59 Å². The topological polar surface area (TPSA) is 90.0 Å². The molecular weight excluding hydrogens is 250 g/mol. The van der Waals surface area contributed by atoms with E-state index in [1.54, 1.807) is 0 Å². The van der Waals surface area contributed by atoms with Gasteiger partial charge in [-0.05, 0) is 19.3 Å². The molecule has 7 nitrogen and oxygen atoms in total. The van der Waals surface area contributed by atoms with E-state index in [1.807, 2.05) is 6.92 Å². The van der Waals surface area contributed by atoms with Gasteiger partial charge < -0.3 is 20.2 Å². The summed E-state index contributed by atoms with van der Waals surface area (Å²) in [5, 5.41) is 11.6. The Labute approximate surface area is 111 Å². The summed E-state index contributed by atoms with van der Waals surface area (Å²) in [6.07, 6.45) is 2.22. The lowest BCUT2D eigenvalue weighted by atomic mass is 10.1. The molecular formula is C12H19N3O4. The second kappa shape index (κ2) is 5.46. The molecule has 7 heteroatoms. The number of hydrogen-bond donors (Lipinski definition) is 2. The van der Waals surface area contributed by atoms with Crippen molar-refractivity contribution in [3.63, 3.8) is 0 Å². The number of carbonyl (C=O) groups excluding carboxylic acids is 2. The zero-order valence-electron chi connectivity index (χ0n) is 11.0. The lowest BCUT2D eigenvalue weighted by Gasteiger charge is -2.37. The minimum Gasteiger partial charge on any atom is -0.480 e. The molecule has 0 radical (unpaired) electrons. The first-order valence-electron chi connectivity index (χ1n) is 6.61. The smallest absolute Gasteiger partial charge is 0.323 e. The number of nitrogens with one attached hydrogen (secondary N) is 1. The van der Waals surface area contributed by atoms with Gasteiger partial charge in [-0.2, -0.15) is 0 Å². The van der Waals surface area contributed by atoms with E-state index in [9.17, 15) is 14.4 Å². The molecule has 0 aromatic rings. The van der Waals surface area contributed by atoms with Gasteiger partial charge in [-0.15, -0.1) is 0 Å². The van der Waals surface area contributed by atoms with Gasteiger partial charge in [0.1, 0.15) is 12.6 Å². The van der Waals surface area contributed by atoms with Gasteiger partial charge in [0.15, 0.2) is 0 Å². The number of aliphatic carboxylic acids is 1. The predicted octanol–water partition coefficient (Wildman–Crippen LogP) is -0.134. The Morgan fingerprint density at radius 1 is 1.47 bits per heavy atom. The minimum absolute atomic E-state index is 0.0195. The Bertz CT molecular complexity index is 394. The maximum Gasteiger partial charge on any atom is 0.323 e. The molecule has 2 rings (SSSR count). The Morgan fingerprint density at radius 3 is 2.68 bits per heavy atom. The third kappa shape index (κ3) is 2.97. The van der Waals surface area contributed by atoms with E-state index in [0.717, 1.165) is 12.8 Å². The van der Waals surface area contributed by atoms with Crippen LogP contribution in [-0.2, 0) is 9.59 Å². The van der Waals surface area contributed by atoms with Gasteiger partial charge in [0.2, 0.25) is 5.91 Å². The summed E-state index contributed by atoms with van der Waals surface area (Å²) in [5.41, 5.74) is 0. The highest BCUT2D eigenvalue weighted by molar-refractivity contribution is 5.89. The van der Waals surface area contributed by atoms with Crippen LogP contribution in [0.25, 0.3) is 0 Å². The van der Waals surface area contributed by atoms with Gasteiger partial charge in [0.05, 0.1) is 0 Å². The highest BCUT2D eigenvalue weighted by Gasteiger charge is 2.40. The van der Waals surface area contributed by atoms with Crippen LogP contribution in [0.4, 0.5) is 4.79 Å². The fourth-order valence-electron chi connectivity index (χ4n) is 2.40. The predicted molar refractivity (Wildman–Crippen MR) is 66.6 cm³/mol. The fraction of sp³-hybridized carbons (Fsp3) is 0.750. The van der Waals surface area contributed by atoms with Crippen molar-refractivity contribution in [2.45, 2.75) is 38.3 Å². The molecule has 2 fully saturated rings. The molecule has 1 unspecified atom stereocenters. The SMILES string of the molecule is CCC1C(=O)NCCN1C(=O)N(CC(=O)O)C1CC1. The number of rotatable bonds is 4. The summed E-state index contributed by atoms with van der Waals surface area (Å²) >= 11 is 0. The number of nitrogens with zero attached hydrogens (tertiary/aromatic N) is 2. The average Bonchev–Trinajstić information content (AvgIpc) is 3.18. The zero-order valence-corrected chi connectivity index (χ0v) is 11.0. The Balaban J connectivity index is 2.10. The molecule has 19 heavy (non-hydrogen) atoms. The lowest BCUT2D eigenvalue weighted by Crippen LogP contribution is -2.60. The number of carboxylic acids is 1. The Morgan fingerprint density at radius 2 is 2.16 bits per heavy atom. The van der Waals surface area contributed by atoms with Crippen LogP contribution in [0.2, 0.25) is 0 Å². The van der Waals surface area contributed by atoms with Gasteiger partial charge in [0, 0.05) is 19.1 Å². The Kier molecular flexibility index (Phi) is 3.92. The molecule has 0 aromatic heterocycles. The van der Waals surface area contributed by atoms with Gasteiger partial charge >= 0.3 is 12.0 Å². The molecule has 0 bridgehead atoms. The second-order valence-corrected chi connectivity index (χ2v) is 4.94. The van der Waals surface area contributed by atoms with Crippen LogP contribution in [0.5, 0.6) is 0 Å². The molecule has 1 aliphatic carbocycles. The van der Waals surface area contributed by atoms with Crippen molar-refractivity contribution >= 4 is 17.9 Å². The van der Waals surface area contributed by atoms with E-state index in [-0.39, 0.29) is 24.5 Å². The van der Waals surface area contributed by atoms with Gasteiger partial charge in [0.25, 0.3) is 0 Å². The summed E-state index contributed by atoms with van der Waals surface area (Å²) in [6, 6.07) is -0.797. The van der Waals surface area contributed by atoms with Crippen LogP contribution in [-0.4, -0.2) is 64.5 Å². The molecule has 3 amide bonds. The first-order valence-corrected chi connectivity index (χ1v) is 6.61. The second-order valence-electron chi connectivity index (χ2n) is 4.94. The first kappa shape index (κ1) is 13.6. The third-order valence-electron chi connectivity index (χ3n) is 3.50. The Hall–Kier alpha value is -1.79. The van der Waals surface area contributed by atoms with Crippen molar-refractivity contribution in [1.82, 2.24) is 15.1 Å². The van der Waals surface area contributed by atoms with E-state index in [4.69, 9.17) is 5.11 Å². The van der Waals surface area contributed by atoms with Crippen molar-refractivity contribution in [2.75, 3.05) is 19.6 Å². The van der Waals surface area contributed by atoms with Crippen LogP contribution in [0, 0.1) is 0 Å². The molecule has 1 heterocycles. The molecule has 1 saturated carbocycles. The summed E-state index contributed by atoms with van der Waals surface area (Å²) in [6.45, 7) is 2.41. The molecule has 1 aliphatic heterocycles. The number of urea groups is 1. The summed E-state index contributed by atoms with van der Waals surface area (Å²) in [7, 11) is 0. The maximum absolute atomic E-state index is 12.4. The zero-order chi connectivity index (χ0) is 14.0. The standard InChI is InChI=1S/C12H19N3O4/c1-2-9-11(18)13-5-6-14(9)12(19)15(7-10(16)17)8-3-4-8/h8-9H,2-7H2,1H3,(H,13,18)(H,16,17). The monoisotopic (exact) mass is 269 g/mol. The van der Waals surface area contributed by atoms with Crippen LogP contribution < -0.4 is 5.32 Å². The van der Waals surface area contributed by atoms with Crippen molar-refractivity contribution in [2.24, 2.45) is 0 Å². The number of carbonyl (C=O) groups is 3. The normalized spacial score (nSPS) is 22.9. The molecule has 2 aliphatic rings. The molecule has 1 atom stereocenters. The lowest BCUT2D eigenvalue weighted by molar-refractivity contribution is -0.138. The van der Waals surface area contributed by atoms with Crippen LogP contribution in [0.1, 0.15) is 26.2 Å². The van der Waals surface area contributed by atoms with E-state index >= 15 is 0 Å². The fourth-order valence-corrected chi connectivity index (χ4v) is 2.40. The number of hydrogen-bond acceptors (Lipinski definition) is 3. The molecule has 0 spiro atoms. The van der Waals surface area contributed by atoms with Crippen LogP contribution >= 0.6 is 0 Å². The number of carboxylic acid groups (broad SMARTS) is 1. The largest absolute Gasteiger partial charge is 0.480 e. The van der Waals surface area contributed by atoms with Crippen molar-refractivity contribution < 1.29 is 19.5 Å². The summed E-state index contributed by atoms with van der Waals surface area (Å²) in [5.74, 6) is -1.18. The maximum atomic E-state index is 12.4. The van der Waals surface area contributed by atoms with E-state index in [2.05, 4.69) is 5.32 Å². The summed E-state index contributed by atoms with van der Waals surface area (Å²) in [4.78, 5) is 37.9. The molecule has 2 N–H and O–H groups in total. The van der Waals surface area contributed by atoms with Gasteiger partial charge in [-0.1, -0.05) is 6.92 Å². The quantitative estimate of drug-likeness (QED) is 0.743. The molecule has 0 aromatic carbocycles. The van der Waals surface area contributed by atoms with Gasteiger partial charge in [-0.25, -0.2) is 4.79 Å². The number of piperazine rings is 1. The summed E-state index contributed by atoms with van der Waals surface area (Å²) < 4.78 is 0. The number of amides is 3. The minimum atomic E-state index is -1.02. The third-order valence-corrected chi connectivity index (χ3v) is 3.50. The van der Waals surface area contributed by atoms with E-state index in [1.165, 1.54) is 9.80 Å². The average molecular weight is 269 g/mol. The van der Waals surface area contributed by atoms with Crippen LogP contribution in [0.3, 0.4) is 0 Å². The molecule has 106 valence electrons. The molecule has 1 saturated heterocycles.